The normalized spacial score (nSPS) is 11.1. The van der Waals surface area contributed by atoms with Crippen LogP contribution in [0.5, 0.6) is 0 Å². The van der Waals surface area contributed by atoms with Gasteiger partial charge in [0.15, 0.2) is 12.4 Å². The maximum atomic E-state index is 12.5. The number of benzene rings is 3. The Labute approximate surface area is 179 Å². The topological polar surface area (TPSA) is 89.5 Å². The van der Waals surface area contributed by atoms with E-state index < -0.39 is 28.4 Å². The second-order valence-electron chi connectivity index (χ2n) is 6.34. The smallest absolute Gasteiger partial charge is 0.338 e. The molecule has 0 aromatic heterocycles. The molecule has 3 aromatic carbocycles. The average Bonchev–Trinajstić information content (AvgIpc) is 2.77. The predicted molar refractivity (Wildman–Crippen MR) is 113 cm³/mol. The van der Waals surface area contributed by atoms with Gasteiger partial charge in [-0.25, -0.2) is 17.9 Å². The van der Waals surface area contributed by atoms with E-state index in [4.69, 9.17) is 16.3 Å². The van der Waals surface area contributed by atoms with E-state index in [-0.39, 0.29) is 17.0 Å². The van der Waals surface area contributed by atoms with Crippen LogP contribution >= 0.6 is 11.6 Å². The van der Waals surface area contributed by atoms with Crippen LogP contribution in [0, 0.1) is 0 Å². The van der Waals surface area contributed by atoms with Gasteiger partial charge in [-0.15, -0.1) is 0 Å². The molecule has 0 saturated heterocycles. The van der Waals surface area contributed by atoms with Crippen LogP contribution in [0.2, 0.25) is 5.02 Å². The molecule has 0 unspecified atom stereocenters. The molecule has 6 nitrogen and oxygen atoms in total. The van der Waals surface area contributed by atoms with E-state index in [0.29, 0.717) is 10.6 Å². The number of ether oxygens (including phenoxy) is 1. The minimum absolute atomic E-state index is 0.0292. The minimum atomic E-state index is -3.83. The molecule has 8 heteroatoms. The SMILES string of the molecule is O=C(COC(=O)c1cccc(S(=O)(=O)NCc2ccccc2)c1)c1ccc(Cl)cc1. The van der Waals surface area contributed by atoms with E-state index in [1.165, 1.54) is 36.4 Å². The summed E-state index contributed by atoms with van der Waals surface area (Å²) in [7, 11) is -3.83. The standard InChI is InChI=1S/C22H18ClNO5S/c23-19-11-9-17(10-12-19)21(25)15-29-22(26)18-7-4-8-20(13-18)30(27,28)24-14-16-5-2-1-3-6-16/h1-13,24H,14-15H2. The molecule has 1 N–H and O–H groups in total. The zero-order valence-electron chi connectivity index (χ0n) is 15.7. The third-order valence-corrected chi connectivity index (χ3v) is 5.84. The van der Waals surface area contributed by atoms with E-state index in [1.54, 1.807) is 24.3 Å². The maximum absolute atomic E-state index is 12.5. The lowest BCUT2D eigenvalue weighted by Crippen LogP contribution is -2.23. The second kappa shape index (κ2) is 9.67. The lowest BCUT2D eigenvalue weighted by Gasteiger charge is -2.09. The van der Waals surface area contributed by atoms with Crippen LogP contribution in [0.15, 0.2) is 83.8 Å². The summed E-state index contributed by atoms with van der Waals surface area (Å²) in [5.41, 5.74) is 1.19. The lowest BCUT2D eigenvalue weighted by atomic mass is 10.1. The minimum Gasteiger partial charge on any atom is -0.454 e. The van der Waals surface area contributed by atoms with Crippen LogP contribution in [0.25, 0.3) is 0 Å². The Morgan fingerprint density at radius 1 is 0.867 bits per heavy atom. The second-order valence-corrected chi connectivity index (χ2v) is 8.55. The van der Waals surface area contributed by atoms with Crippen molar-refractivity contribution < 1.29 is 22.7 Å². The molecule has 0 aliphatic rings. The number of esters is 1. The fraction of sp³-hybridized carbons (Fsp3) is 0.0909. The largest absolute Gasteiger partial charge is 0.454 e. The van der Waals surface area contributed by atoms with Gasteiger partial charge in [-0.3, -0.25) is 4.79 Å². The molecule has 0 aliphatic heterocycles. The van der Waals surface area contributed by atoms with E-state index in [1.807, 2.05) is 18.2 Å². The summed E-state index contributed by atoms with van der Waals surface area (Å²) in [6.07, 6.45) is 0. The number of sulfonamides is 1. The number of hydrogen-bond donors (Lipinski definition) is 1. The molecule has 0 heterocycles. The molecule has 0 spiro atoms. The molecule has 30 heavy (non-hydrogen) atoms. The first-order valence-electron chi connectivity index (χ1n) is 8.95. The van der Waals surface area contributed by atoms with E-state index in [0.717, 1.165) is 5.56 Å². The zero-order chi connectivity index (χ0) is 21.6. The van der Waals surface area contributed by atoms with Gasteiger partial charge < -0.3 is 4.74 Å². The van der Waals surface area contributed by atoms with Crippen LogP contribution in [-0.2, 0) is 21.3 Å². The number of rotatable bonds is 8. The Hall–Kier alpha value is -3.00. The van der Waals surface area contributed by atoms with Crippen LogP contribution in [0.1, 0.15) is 26.3 Å². The van der Waals surface area contributed by atoms with Gasteiger partial charge in [-0.2, -0.15) is 0 Å². The van der Waals surface area contributed by atoms with Crippen molar-refractivity contribution in [3.63, 3.8) is 0 Å². The summed E-state index contributed by atoms with van der Waals surface area (Å²) in [5, 5.41) is 0.488. The highest BCUT2D eigenvalue weighted by Gasteiger charge is 2.18. The van der Waals surface area contributed by atoms with Crippen molar-refractivity contribution >= 4 is 33.4 Å². The van der Waals surface area contributed by atoms with Crippen molar-refractivity contribution in [3.8, 4) is 0 Å². The van der Waals surface area contributed by atoms with Crippen LogP contribution < -0.4 is 4.72 Å². The highest BCUT2D eigenvalue weighted by Crippen LogP contribution is 2.14. The first kappa shape index (κ1) is 21.7. The van der Waals surface area contributed by atoms with Gasteiger partial charge in [0.25, 0.3) is 0 Å². The molecular weight excluding hydrogens is 426 g/mol. The number of Topliss-reactive ketones (excluding diaryl/α,β-unsaturated/α-hetero) is 1. The van der Waals surface area contributed by atoms with Crippen molar-refractivity contribution in [1.82, 2.24) is 4.72 Å². The van der Waals surface area contributed by atoms with E-state index in [2.05, 4.69) is 4.72 Å². The third kappa shape index (κ3) is 5.76. The van der Waals surface area contributed by atoms with Gasteiger partial charge in [0, 0.05) is 17.1 Å². The summed E-state index contributed by atoms with van der Waals surface area (Å²) in [4.78, 5) is 24.3. The lowest BCUT2D eigenvalue weighted by molar-refractivity contribution is 0.0474. The molecule has 0 saturated carbocycles. The molecule has 154 valence electrons. The Balaban J connectivity index is 1.64. The Bertz CT molecular complexity index is 1150. The molecule has 0 aliphatic carbocycles. The molecule has 0 fully saturated rings. The van der Waals surface area contributed by atoms with Gasteiger partial charge in [-0.1, -0.05) is 48.0 Å². The third-order valence-electron chi connectivity index (χ3n) is 4.19. The number of ketones is 1. The van der Waals surface area contributed by atoms with Gasteiger partial charge in [-0.05, 0) is 48.0 Å². The van der Waals surface area contributed by atoms with Gasteiger partial charge in [0.05, 0.1) is 10.5 Å². The first-order valence-corrected chi connectivity index (χ1v) is 10.8. The molecular formula is C22H18ClNO5S. The van der Waals surface area contributed by atoms with Crippen LogP contribution in [0.4, 0.5) is 0 Å². The molecule has 3 aromatic rings. The van der Waals surface area contributed by atoms with Crippen molar-refractivity contribution in [3.05, 3.63) is 101 Å². The fourth-order valence-corrected chi connectivity index (χ4v) is 3.77. The highest BCUT2D eigenvalue weighted by atomic mass is 35.5. The van der Waals surface area contributed by atoms with Crippen molar-refractivity contribution in [2.24, 2.45) is 0 Å². The average molecular weight is 444 g/mol. The van der Waals surface area contributed by atoms with E-state index in [9.17, 15) is 18.0 Å². The summed E-state index contributed by atoms with van der Waals surface area (Å²) in [5.74, 6) is -1.19. The maximum Gasteiger partial charge on any atom is 0.338 e. The number of carbonyl (C=O) groups excluding carboxylic acids is 2. The van der Waals surface area contributed by atoms with Crippen LogP contribution in [0.3, 0.4) is 0 Å². The summed E-state index contributed by atoms with van der Waals surface area (Å²) >= 11 is 5.78. The van der Waals surface area contributed by atoms with Crippen molar-refractivity contribution in [1.29, 1.82) is 0 Å². The van der Waals surface area contributed by atoms with Gasteiger partial charge in [0.1, 0.15) is 0 Å². The Morgan fingerprint density at radius 2 is 1.57 bits per heavy atom. The molecule has 3 rings (SSSR count). The number of hydrogen-bond acceptors (Lipinski definition) is 5. The number of halogens is 1. The van der Waals surface area contributed by atoms with Gasteiger partial charge in [0.2, 0.25) is 10.0 Å². The summed E-state index contributed by atoms with van der Waals surface area (Å²) in [6.45, 7) is -0.350. The van der Waals surface area contributed by atoms with Gasteiger partial charge >= 0.3 is 5.97 Å². The number of carbonyl (C=O) groups is 2. The number of nitrogens with one attached hydrogen (secondary N) is 1. The highest BCUT2D eigenvalue weighted by molar-refractivity contribution is 7.89. The molecule has 0 atom stereocenters. The summed E-state index contributed by atoms with van der Waals surface area (Å²) < 4.78 is 32.6. The fourth-order valence-electron chi connectivity index (χ4n) is 2.58. The quantitative estimate of drug-likeness (QED) is 0.422. The van der Waals surface area contributed by atoms with E-state index >= 15 is 0 Å². The van der Waals surface area contributed by atoms with Crippen molar-refractivity contribution in [2.75, 3.05) is 6.61 Å². The predicted octanol–water partition coefficient (Wildman–Crippen LogP) is 3.86. The molecule has 0 bridgehead atoms. The monoisotopic (exact) mass is 443 g/mol. The molecule has 0 amide bonds. The Kier molecular flexibility index (Phi) is 6.99. The zero-order valence-corrected chi connectivity index (χ0v) is 17.3. The first-order chi connectivity index (χ1) is 14.3. The van der Waals surface area contributed by atoms with Crippen LogP contribution in [-0.4, -0.2) is 26.8 Å². The summed E-state index contributed by atoms with van der Waals surface area (Å²) in [6, 6.07) is 20.7. The Morgan fingerprint density at radius 3 is 2.27 bits per heavy atom. The molecule has 0 radical (unpaired) electrons. The van der Waals surface area contributed by atoms with Crippen molar-refractivity contribution in [2.45, 2.75) is 11.4 Å².